The van der Waals surface area contributed by atoms with Gasteiger partial charge in [-0.25, -0.2) is 0 Å². The zero-order chi connectivity index (χ0) is 9.99. The molecule has 0 saturated heterocycles. The van der Waals surface area contributed by atoms with E-state index in [1.165, 1.54) is 0 Å². The van der Waals surface area contributed by atoms with E-state index in [2.05, 4.69) is 13.8 Å². The maximum Gasteiger partial charge on any atom is 0.188 e. The molecule has 2 N–H and O–H groups in total. The summed E-state index contributed by atoms with van der Waals surface area (Å²) >= 11 is 0. The van der Waals surface area contributed by atoms with Crippen molar-refractivity contribution in [2.75, 3.05) is 0 Å². The van der Waals surface area contributed by atoms with Gasteiger partial charge in [-0.05, 0) is 37.9 Å². The van der Waals surface area contributed by atoms with E-state index in [0.717, 1.165) is 12.8 Å². The Morgan fingerprint density at radius 1 is 1.33 bits per heavy atom. The summed E-state index contributed by atoms with van der Waals surface area (Å²) in [5, 5.41) is 9.12. The van der Waals surface area contributed by atoms with Gasteiger partial charge in [0.1, 0.15) is 0 Å². The van der Waals surface area contributed by atoms with Gasteiger partial charge in [-0.3, -0.25) is 0 Å². The number of aliphatic hydroxyl groups excluding tert-OH is 1. The zero-order valence-electron chi connectivity index (χ0n) is 8.89. The molecular formula is C9H22O2Si. The van der Waals surface area contributed by atoms with Crippen LogP contribution in [0.15, 0.2) is 0 Å². The Bertz CT molecular complexity index is 136. The van der Waals surface area contributed by atoms with E-state index >= 15 is 0 Å². The molecule has 0 amide bonds. The smallest absolute Gasteiger partial charge is 0.188 e. The second-order valence-electron chi connectivity index (χ2n) is 4.83. The molecule has 0 rings (SSSR count). The second kappa shape index (κ2) is 3.90. The van der Waals surface area contributed by atoms with Crippen LogP contribution >= 0.6 is 0 Å². The van der Waals surface area contributed by atoms with Gasteiger partial charge in [0.05, 0.1) is 6.10 Å². The predicted molar refractivity (Wildman–Crippen MR) is 54.7 cm³/mol. The van der Waals surface area contributed by atoms with Crippen molar-refractivity contribution >= 4 is 8.32 Å². The predicted octanol–water partition coefficient (Wildman–Crippen LogP) is 2.13. The standard InChI is InChI=1S/C9H22O2Si/c1-8(10)6-7-9(2,3)12(4,5)11/h8,10-11H,6-7H2,1-5H3/t8-/m0/s1. The van der Waals surface area contributed by atoms with Crippen LogP contribution in [0.3, 0.4) is 0 Å². The number of hydrogen-bond acceptors (Lipinski definition) is 2. The molecule has 12 heavy (non-hydrogen) atoms. The van der Waals surface area contributed by atoms with E-state index in [4.69, 9.17) is 5.11 Å². The highest BCUT2D eigenvalue weighted by molar-refractivity contribution is 6.72. The summed E-state index contributed by atoms with van der Waals surface area (Å²) in [7, 11) is -2.06. The van der Waals surface area contributed by atoms with Crippen molar-refractivity contribution in [1.29, 1.82) is 0 Å². The van der Waals surface area contributed by atoms with Crippen LogP contribution in [-0.2, 0) is 0 Å². The molecule has 0 aliphatic carbocycles. The van der Waals surface area contributed by atoms with Crippen LogP contribution in [0.25, 0.3) is 0 Å². The summed E-state index contributed by atoms with van der Waals surface area (Å²) in [5.74, 6) is 0. The molecule has 0 unspecified atom stereocenters. The van der Waals surface area contributed by atoms with E-state index in [1.54, 1.807) is 6.92 Å². The van der Waals surface area contributed by atoms with Crippen molar-refractivity contribution in [3.63, 3.8) is 0 Å². The van der Waals surface area contributed by atoms with E-state index in [9.17, 15) is 4.80 Å². The van der Waals surface area contributed by atoms with E-state index in [1.807, 2.05) is 13.1 Å². The minimum Gasteiger partial charge on any atom is -0.432 e. The van der Waals surface area contributed by atoms with Crippen molar-refractivity contribution in [3.05, 3.63) is 0 Å². The van der Waals surface area contributed by atoms with Crippen LogP contribution < -0.4 is 0 Å². The molecular weight excluding hydrogens is 168 g/mol. The highest BCUT2D eigenvalue weighted by atomic mass is 28.4. The highest BCUT2D eigenvalue weighted by Gasteiger charge is 2.37. The van der Waals surface area contributed by atoms with Crippen LogP contribution in [-0.4, -0.2) is 24.3 Å². The van der Waals surface area contributed by atoms with Gasteiger partial charge in [0.2, 0.25) is 0 Å². The Labute approximate surface area is 76.8 Å². The Morgan fingerprint density at radius 3 is 2.00 bits per heavy atom. The lowest BCUT2D eigenvalue weighted by Crippen LogP contribution is -2.39. The largest absolute Gasteiger partial charge is 0.432 e. The third-order valence-electron chi connectivity index (χ3n) is 2.84. The first-order valence-corrected chi connectivity index (χ1v) is 7.52. The maximum atomic E-state index is 9.92. The molecule has 0 heterocycles. The summed E-state index contributed by atoms with van der Waals surface area (Å²) < 4.78 is 0. The molecule has 0 radical (unpaired) electrons. The summed E-state index contributed by atoms with van der Waals surface area (Å²) in [6.07, 6.45) is 1.44. The van der Waals surface area contributed by atoms with Gasteiger partial charge in [0, 0.05) is 0 Å². The molecule has 2 nitrogen and oxygen atoms in total. The van der Waals surface area contributed by atoms with Gasteiger partial charge in [0.15, 0.2) is 8.32 Å². The fraction of sp³-hybridized carbons (Fsp3) is 1.00. The third-order valence-corrected chi connectivity index (χ3v) is 6.41. The molecule has 0 saturated carbocycles. The first-order valence-electron chi connectivity index (χ1n) is 4.57. The normalized spacial score (nSPS) is 16.2. The molecule has 0 aromatic rings. The molecule has 0 spiro atoms. The van der Waals surface area contributed by atoms with Crippen LogP contribution in [0.4, 0.5) is 0 Å². The van der Waals surface area contributed by atoms with Crippen LogP contribution in [0.1, 0.15) is 33.6 Å². The van der Waals surface area contributed by atoms with E-state index in [0.29, 0.717) is 0 Å². The lowest BCUT2D eigenvalue weighted by molar-refractivity contribution is 0.175. The van der Waals surface area contributed by atoms with Crippen LogP contribution in [0.5, 0.6) is 0 Å². The van der Waals surface area contributed by atoms with E-state index in [-0.39, 0.29) is 11.1 Å². The molecule has 0 aliphatic rings. The Balaban J connectivity index is 4.05. The van der Waals surface area contributed by atoms with Gasteiger partial charge in [0.25, 0.3) is 0 Å². The van der Waals surface area contributed by atoms with Gasteiger partial charge >= 0.3 is 0 Å². The molecule has 0 aromatic heterocycles. The first-order chi connectivity index (χ1) is 5.17. The molecule has 0 aromatic carbocycles. The Hall–Kier alpha value is 0.137. The summed E-state index contributed by atoms with van der Waals surface area (Å²) in [4.78, 5) is 9.92. The fourth-order valence-corrected chi connectivity index (χ4v) is 1.63. The lowest BCUT2D eigenvalue weighted by atomic mass is 10.0. The number of hydrogen-bond donors (Lipinski definition) is 2. The Morgan fingerprint density at radius 2 is 1.75 bits per heavy atom. The van der Waals surface area contributed by atoms with Crippen molar-refractivity contribution in [2.45, 2.75) is 57.8 Å². The van der Waals surface area contributed by atoms with Gasteiger partial charge in [-0.2, -0.15) is 0 Å². The molecule has 0 fully saturated rings. The minimum absolute atomic E-state index is 0.00396. The maximum absolute atomic E-state index is 9.92. The minimum atomic E-state index is -2.06. The fourth-order valence-electron chi connectivity index (χ4n) is 0.876. The zero-order valence-corrected chi connectivity index (χ0v) is 9.89. The van der Waals surface area contributed by atoms with Crippen molar-refractivity contribution in [3.8, 4) is 0 Å². The monoisotopic (exact) mass is 190 g/mol. The van der Waals surface area contributed by atoms with Gasteiger partial charge in [-0.1, -0.05) is 13.8 Å². The average molecular weight is 190 g/mol. The highest BCUT2D eigenvalue weighted by Crippen LogP contribution is 2.39. The van der Waals surface area contributed by atoms with E-state index < -0.39 is 8.32 Å². The number of rotatable bonds is 4. The van der Waals surface area contributed by atoms with Crippen molar-refractivity contribution in [2.24, 2.45) is 0 Å². The number of aliphatic hydroxyl groups is 1. The Kier molecular flexibility index (Phi) is 3.94. The quantitative estimate of drug-likeness (QED) is 0.667. The molecule has 74 valence electrons. The topological polar surface area (TPSA) is 40.5 Å². The summed E-state index contributed by atoms with van der Waals surface area (Å²) in [6.45, 7) is 9.87. The summed E-state index contributed by atoms with van der Waals surface area (Å²) in [6, 6.07) is 0. The first kappa shape index (κ1) is 12.1. The summed E-state index contributed by atoms with van der Waals surface area (Å²) in [5.41, 5.74) is 0. The lowest BCUT2D eigenvalue weighted by Gasteiger charge is -2.35. The molecule has 1 atom stereocenters. The average Bonchev–Trinajstić information content (AvgIpc) is 1.81. The van der Waals surface area contributed by atoms with Crippen molar-refractivity contribution in [1.82, 2.24) is 0 Å². The van der Waals surface area contributed by atoms with Crippen LogP contribution in [0.2, 0.25) is 18.1 Å². The van der Waals surface area contributed by atoms with Gasteiger partial charge in [-0.15, -0.1) is 0 Å². The van der Waals surface area contributed by atoms with Crippen molar-refractivity contribution < 1.29 is 9.90 Å². The van der Waals surface area contributed by atoms with Crippen LogP contribution in [0, 0.1) is 0 Å². The molecule has 3 heteroatoms. The second-order valence-corrected chi connectivity index (χ2v) is 9.30. The van der Waals surface area contributed by atoms with Gasteiger partial charge < -0.3 is 9.90 Å². The third kappa shape index (κ3) is 3.69. The molecule has 0 bridgehead atoms. The molecule has 0 aliphatic heterocycles. The SMILES string of the molecule is C[C@H](O)CCC(C)(C)[Si](C)(C)O.